The van der Waals surface area contributed by atoms with Crippen LogP contribution in [-0.4, -0.2) is 17.4 Å². The quantitative estimate of drug-likeness (QED) is 0.560. The minimum atomic E-state index is -0.504. The zero-order chi connectivity index (χ0) is 17.5. The Hall–Kier alpha value is -2.25. The Morgan fingerprint density at radius 1 is 1.25 bits per heavy atom. The molecular formula is C17H19BrN3O3+. The van der Waals surface area contributed by atoms with Gasteiger partial charge in [-0.2, -0.15) is 0 Å². The zero-order valence-electron chi connectivity index (χ0n) is 13.2. The molecule has 0 bridgehead atoms. The molecule has 0 aliphatic heterocycles. The van der Waals surface area contributed by atoms with Crippen LogP contribution in [0, 0.1) is 10.1 Å². The van der Waals surface area contributed by atoms with Crippen LogP contribution in [-0.2, 0) is 4.79 Å². The summed E-state index contributed by atoms with van der Waals surface area (Å²) in [6, 6.07) is 14.3. The molecule has 0 saturated heterocycles. The molecule has 2 aromatic rings. The van der Waals surface area contributed by atoms with Crippen molar-refractivity contribution in [3.05, 3.63) is 68.7 Å². The number of para-hydroxylation sites is 2. The van der Waals surface area contributed by atoms with E-state index in [9.17, 15) is 14.9 Å². The first-order valence-corrected chi connectivity index (χ1v) is 8.42. The molecule has 7 heteroatoms. The summed E-state index contributed by atoms with van der Waals surface area (Å²) < 4.78 is 1.01. The van der Waals surface area contributed by atoms with Gasteiger partial charge in [0.1, 0.15) is 11.7 Å². The normalized spacial score (nSPS) is 11.8. The smallest absolute Gasteiger partial charge is 0.292 e. The van der Waals surface area contributed by atoms with E-state index in [0.29, 0.717) is 0 Å². The third-order valence-electron chi connectivity index (χ3n) is 3.70. The van der Waals surface area contributed by atoms with Crippen molar-refractivity contribution < 1.29 is 15.0 Å². The van der Waals surface area contributed by atoms with Crippen molar-refractivity contribution in [3.8, 4) is 0 Å². The fraction of sp³-hybridized carbons (Fsp3) is 0.235. The topological polar surface area (TPSA) is 88.8 Å². The van der Waals surface area contributed by atoms with Gasteiger partial charge in [-0.05, 0) is 18.2 Å². The lowest BCUT2D eigenvalue weighted by atomic mass is 10.0. The molecule has 0 radical (unpaired) electrons. The summed E-state index contributed by atoms with van der Waals surface area (Å²) in [5, 5.41) is 15.5. The summed E-state index contributed by atoms with van der Waals surface area (Å²) in [5.74, 6) is -0.264. The molecule has 0 saturated carbocycles. The lowest BCUT2D eigenvalue weighted by Gasteiger charge is -2.14. The summed E-state index contributed by atoms with van der Waals surface area (Å²) in [6.45, 7) is 2.25. The van der Waals surface area contributed by atoms with Crippen LogP contribution in [0.25, 0.3) is 0 Å². The van der Waals surface area contributed by atoms with Gasteiger partial charge in [0.15, 0.2) is 6.54 Å². The number of nitro benzene ring substituents is 1. The SMILES string of the molecule is CC[C@@H]([NH2+]CC(=O)Nc1ccccc1[N+](=O)[O-])c1ccc(Br)cc1. The fourth-order valence-electron chi connectivity index (χ4n) is 2.44. The van der Waals surface area contributed by atoms with Crippen LogP contribution in [0.15, 0.2) is 53.0 Å². The third kappa shape index (κ3) is 4.87. The lowest BCUT2D eigenvalue weighted by molar-refractivity contribution is -0.686. The van der Waals surface area contributed by atoms with E-state index in [1.54, 1.807) is 12.1 Å². The number of anilines is 1. The van der Waals surface area contributed by atoms with Gasteiger partial charge in [-0.25, -0.2) is 0 Å². The van der Waals surface area contributed by atoms with Gasteiger partial charge in [0.2, 0.25) is 0 Å². The average molecular weight is 393 g/mol. The van der Waals surface area contributed by atoms with Crippen LogP contribution in [0.2, 0.25) is 0 Å². The Balaban J connectivity index is 1.97. The van der Waals surface area contributed by atoms with Gasteiger partial charge < -0.3 is 10.6 Å². The molecule has 0 aromatic heterocycles. The van der Waals surface area contributed by atoms with Gasteiger partial charge in [0, 0.05) is 22.5 Å². The highest BCUT2D eigenvalue weighted by Gasteiger charge is 2.18. The minimum Gasteiger partial charge on any atom is -0.332 e. The summed E-state index contributed by atoms with van der Waals surface area (Å²) in [6.07, 6.45) is 0.875. The van der Waals surface area contributed by atoms with Crippen LogP contribution in [0.5, 0.6) is 0 Å². The number of nitrogens with zero attached hydrogens (tertiary/aromatic N) is 1. The number of hydrogen-bond acceptors (Lipinski definition) is 3. The molecule has 0 unspecified atom stereocenters. The van der Waals surface area contributed by atoms with E-state index < -0.39 is 4.92 Å². The van der Waals surface area contributed by atoms with E-state index >= 15 is 0 Å². The Morgan fingerprint density at radius 3 is 2.54 bits per heavy atom. The number of quaternary nitrogens is 1. The molecule has 2 rings (SSSR count). The van der Waals surface area contributed by atoms with Crippen molar-refractivity contribution in [3.63, 3.8) is 0 Å². The summed E-state index contributed by atoms with van der Waals surface area (Å²) in [7, 11) is 0. The van der Waals surface area contributed by atoms with E-state index in [4.69, 9.17) is 0 Å². The third-order valence-corrected chi connectivity index (χ3v) is 4.23. The van der Waals surface area contributed by atoms with Crippen LogP contribution < -0.4 is 10.6 Å². The van der Waals surface area contributed by atoms with E-state index in [2.05, 4.69) is 28.2 Å². The molecule has 6 nitrogen and oxygen atoms in total. The number of carbonyl (C=O) groups is 1. The number of halogens is 1. The molecule has 0 aliphatic rings. The van der Waals surface area contributed by atoms with Crippen molar-refractivity contribution >= 4 is 33.2 Å². The number of benzene rings is 2. The first-order chi connectivity index (χ1) is 11.5. The second kappa shape index (κ2) is 8.56. The summed E-state index contributed by atoms with van der Waals surface area (Å²) in [4.78, 5) is 22.6. The van der Waals surface area contributed by atoms with Crippen LogP contribution in [0.3, 0.4) is 0 Å². The van der Waals surface area contributed by atoms with Crippen molar-refractivity contribution in [2.24, 2.45) is 0 Å². The van der Waals surface area contributed by atoms with Gasteiger partial charge in [0.25, 0.3) is 11.6 Å². The summed E-state index contributed by atoms with van der Waals surface area (Å²) >= 11 is 3.40. The van der Waals surface area contributed by atoms with Crippen LogP contribution in [0.1, 0.15) is 24.9 Å². The number of amides is 1. The van der Waals surface area contributed by atoms with E-state index in [0.717, 1.165) is 16.5 Å². The summed E-state index contributed by atoms with van der Waals surface area (Å²) in [5.41, 5.74) is 1.25. The van der Waals surface area contributed by atoms with Crippen LogP contribution >= 0.6 is 15.9 Å². The average Bonchev–Trinajstić information content (AvgIpc) is 2.57. The Labute approximate surface area is 148 Å². The van der Waals surface area contributed by atoms with Gasteiger partial charge in [-0.1, -0.05) is 47.1 Å². The monoisotopic (exact) mass is 392 g/mol. The molecule has 0 heterocycles. The molecule has 126 valence electrons. The second-order valence-corrected chi connectivity index (χ2v) is 6.24. The highest BCUT2D eigenvalue weighted by molar-refractivity contribution is 9.10. The molecule has 3 N–H and O–H groups in total. The largest absolute Gasteiger partial charge is 0.332 e. The minimum absolute atomic E-state index is 0.106. The fourth-order valence-corrected chi connectivity index (χ4v) is 2.70. The highest BCUT2D eigenvalue weighted by atomic mass is 79.9. The van der Waals surface area contributed by atoms with E-state index in [1.807, 2.05) is 29.6 Å². The first kappa shape index (κ1) is 18.1. The molecule has 0 fully saturated rings. The van der Waals surface area contributed by atoms with E-state index in [-0.39, 0.29) is 29.9 Å². The maximum atomic E-state index is 12.1. The predicted molar refractivity (Wildman–Crippen MR) is 95.7 cm³/mol. The van der Waals surface area contributed by atoms with Crippen molar-refractivity contribution in [2.45, 2.75) is 19.4 Å². The van der Waals surface area contributed by atoms with E-state index in [1.165, 1.54) is 12.1 Å². The van der Waals surface area contributed by atoms with Crippen LogP contribution in [0.4, 0.5) is 11.4 Å². The lowest BCUT2D eigenvalue weighted by Crippen LogP contribution is -2.87. The van der Waals surface area contributed by atoms with Gasteiger partial charge in [-0.15, -0.1) is 0 Å². The predicted octanol–water partition coefficient (Wildman–Crippen LogP) is 3.01. The molecule has 1 atom stereocenters. The standard InChI is InChI=1S/C17H18BrN3O3/c1-2-14(12-7-9-13(18)10-8-12)19-11-17(22)20-15-5-3-4-6-16(15)21(23)24/h3-10,14,19H,2,11H2,1H3,(H,20,22)/p+1/t14-/m1/s1. The molecule has 1 amide bonds. The number of nitrogens with two attached hydrogens (primary N) is 1. The van der Waals surface area contributed by atoms with Gasteiger partial charge >= 0.3 is 0 Å². The van der Waals surface area contributed by atoms with Crippen molar-refractivity contribution in [1.82, 2.24) is 0 Å². The maximum absolute atomic E-state index is 12.1. The molecule has 24 heavy (non-hydrogen) atoms. The Bertz CT molecular complexity index is 719. The molecule has 0 aliphatic carbocycles. The molecular weight excluding hydrogens is 374 g/mol. The van der Waals surface area contributed by atoms with Crippen molar-refractivity contribution in [1.29, 1.82) is 0 Å². The number of hydrogen-bond donors (Lipinski definition) is 2. The van der Waals surface area contributed by atoms with Crippen molar-refractivity contribution in [2.75, 3.05) is 11.9 Å². The van der Waals surface area contributed by atoms with Gasteiger partial charge in [-0.3, -0.25) is 14.9 Å². The number of nitro groups is 1. The first-order valence-electron chi connectivity index (χ1n) is 7.63. The Morgan fingerprint density at radius 2 is 1.92 bits per heavy atom. The molecule has 2 aromatic carbocycles. The number of rotatable bonds is 7. The molecule has 0 spiro atoms. The zero-order valence-corrected chi connectivity index (χ0v) is 14.8. The Kier molecular flexibility index (Phi) is 6.45. The highest BCUT2D eigenvalue weighted by Crippen LogP contribution is 2.22. The maximum Gasteiger partial charge on any atom is 0.292 e. The number of carbonyl (C=O) groups excluding carboxylic acids is 1. The second-order valence-electron chi connectivity index (χ2n) is 5.33. The van der Waals surface area contributed by atoms with Gasteiger partial charge in [0.05, 0.1) is 4.92 Å². The number of nitrogens with one attached hydrogen (secondary N) is 1.